The zero-order chi connectivity index (χ0) is 11.4. The van der Waals surface area contributed by atoms with Gasteiger partial charge in [-0.05, 0) is 32.5 Å². The van der Waals surface area contributed by atoms with Crippen LogP contribution in [0.5, 0.6) is 0 Å². The van der Waals surface area contributed by atoms with Crippen LogP contribution in [0.2, 0.25) is 0 Å². The average molecular weight is 226 g/mol. The van der Waals surface area contributed by atoms with Crippen molar-refractivity contribution in [3.8, 4) is 0 Å². The third-order valence-corrected chi connectivity index (χ3v) is 3.42. The molecule has 92 valence electrons. The predicted molar refractivity (Wildman–Crippen MR) is 62.8 cm³/mol. The van der Waals surface area contributed by atoms with Gasteiger partial charge in [0.15, 0.2) is 0 Å². The summed E-state index contributed by atoms with van der Waals surface area (Å²) in [6, 6.07) is 0. The molecule has 2 N–H and O–H groups in total. The number of nitrogens with one attached hydrogen (secondary N) is 2. The van der Waals surface area contributed by atoms with E-state index in [-0.39, 0.29) is 5.91 Å². The molecule has 16 heavy (non-hydrogen) atoms. The monoisotopic (exact) mass is 226 g/mol. The molecule has 0 radical (unpaired) electrons. The first-order valence-corrected chi connectivity index (χ1v) is 6.18. The van der Waals surface area contributed by atoms with Crippen molar-refractivity contribution >= 4 is 5.91 Å². The molecule has 2 rings (SSSR count). The van der Waals surface area contributed by atoms with Crippen molar-refractivity contribution in [2.75, 3.05) is 46.3 Å². The van der Waals surface area contributed by atoms with Crippen molar-refractivity contribution in [2.45, 2.75) is 12.8 Å². The number of carbonyl (C=O) groups is 1. The molecule has 5 nitrogen and oxygen atoms in total. The molecular weight excluding hydrogens is 204 g/mol. The highest BCUT2D eigenvalue weighted by atomic mass is 16.2. The van der Waals surface area contributed by atoms with Gasteiger partial charge in [-0.3, -0.25) is 10.2 Å². The summed E-state index contributed by atoms with van der Waals surface area (Å²) < 4.78 is 0. The number of nitrogens with zero attached hydrogens (tertiary/aromatic N) is 2. The van der Waals surface area contributed by atoms with Crippen molar-refractivity contribution < 1.29 is 4.79 Å². The third kappa shape index (κ3) is 3.43. The molecule has 1 amide bonds. The Labute approximate surface area is 97.1 Å². The maximum Gasteiger partial charge on any atom is 0.234 e. The van der Waals surface area contributed by atoms with E-state index in [1.807, 2.05) is 5.01 Å². The van der Waals surface area contributed by atoms with Crippen LogP contribution in [0.1, 0.15) is 12.8 Å². The molecule has 0 bridgehead atoms. The van der Waals surface area contributed by atoms with Gasteiger partial charge >= 0.3 is 0 Å². The molecule has 0 aliphatic carbocycles. The second-order valence-electron chi connectivity index (χ2n) is 4.89. The van der Waals surface area contributed by atoms with Gasteiger partial charge in [0, 0.05) is 32.6 Å². The van der Waals surface area contributed by atoms with E-state index in [0.717, 1.165) is 45.7 Å². The molecule has 1 atom stereocenters. The molecule has 2 aliphatic heterocycles. The minimum atomic E-state index is 0.179. The maximum atomic E-state index is 11.8. The van der Waals surface area contributed by atoms with Crippen molar-refractivity contribution in [2.24, 2.45) is 5.92 Å². The normalized spacial score (nSPS) is 28.2. The highest BCUT2D eigenvalue weighted by Gasteiger charge is 2.20. The standard InChI is InChI=1S/C11H22N4O/c1-14-4-6-15(7-5-14)13-11(16)8-10-2-3-12-9-10/h10,12H,2-9H2,1H3,(H,13,16). The number of likely N-dealkylation sites (N-methyl/N-ethyl adjacent to an activating group) is 1. The zero-order valence-corrected chi connectivity index (χ0v) is 10.0. The highest BCUT2D eigenvalue weighted by molar-refractivity contribution is 5.75. The second-order valence-corrected chi connectivity index (χ2v) is 4.89. The summed E-state index contributed by atoms with van der Waals surface area (Å²) in [5, 5.41) is 5.33. The molecule has 0 aromatic heterocycles. The Morgan fingerprint density at radius 1 is 1.38 bits per heavy atom. The molecule has 1 unspecified atom stereocenters. The Kier molecular flexibility index (Phi) is 4.15. The van der Waals surface area contributed by atoms with Crippen LogP contribution in [0.3, 0.4) is 0 Å². The summed E-state index contributed by atoms with van der Waals surface area (Å²) in [5.74, 6) is 0.714. The van der Waals surface area contributed by atoms with Gasteiger partial charge < -0.3 is 10.2 Å². The molecule has 2 aliphatic rings. The van der Waals surface area contributed by atoms with E-state index >= 15 is 0 Å². The molecule has 5 heteroatoms. The van der Waals surface area contributed by atoms with E-state index in [1.165, 1.54) is 0 Å². The fourth-order valence-electron chi connectivity index (χ4n) is 2.29. The molecule has 2 saturated heterocycles. The van der Waals surface area contributed by atoms with Crippen LogP contribution in [-0.4, -0.2) is 62.1 Å². The zero-order valence-electron chi connectivity index (χ0n) is 10.0. The largest absolute Gasteiger partial charge is 0.316 e. The molecule has 0 saturated carbocycles. The van der Waals surface area contributed by atoms with Crippen molar-refractivity contribution in [3.63, 3.8) is 0 Å². The summed E-state index contributed by atoms with van der Waals surface area (Å²) in [6.45, 7) is 6.00. The first-order chi connectivity index (χ1) is 7.74. The van der Waals surface area contributed by atoms with Crippen LogP contribution in [0.15, 0.2) is 0 Å². The fourth-order valence-corrected chi connectivity index (χ4v) is 2.29. The minimum Gasteiger partial charge on any atom is -0.316 e. The first kappa shape index (κ1) is 11.8. The van der Waals surface area contributed by atoms with Gasteiger partial charge in [0.2, 0.25) is 5.91 Å². The van der Waals surface area contributed by atoms with Crippen LogP contribution in [0, 0.1) is 5.92 Å². The molecule has 0 aromatic rings. The van der Waals surface area contributed by atoms with E-state index in [9.17, 15) is 4.79 Å². The lowest BCUT2D eigenvalue weighted by molar-refractivity contribution is -0.127. The third-order valence-electron chi connectivity index (χ3n) is 3.42. The summed E-state index contributed by atoms with van der Waals surface area (Å²) in [4.78, 5) is 14.0. The van der Waals surface area contributed by atoms with E-state index in [0.29, 0.717) is 12.3 Å². The molecular formula is C11H22N4O. The number of hydrogen-bond donors (Lipinski definition) is 2. The molecule has 0 aromatic carbocycles. The lowest BCUT2D eigenvalue weighted by atomic mass is 10.1. The average Bonchev–Trinajstić information content (AvgIpc) is 2.74. The van der Waals surface area contributed by atoms with E-state index in [4.69, 9.17) is 0 Å². The lowest BCUT2D eigenvalue weighted by Crippen LogP contribution is -2.52. The Balaban J connectivity index is 1.66. The quantitative estimate of drug-likeness (QED) is 0.666. The number of carbonyl (C=O) groups excluding carboxylic acids is 1. The number of hydrogen-bond acceptors (Lipinski definition) is 4. The predicted octanol–water partition coefficient (Wildman–Crippen LogP) is -0.735. The van der Waals surface area contributed by atoms with E-state index < -0.39 is 0 Å². The number of hydrazine groups is 1. The van der Waals surface area contributed by atoms with Gasteiger partial charge in [0.25, 0.3) is 0 Å². The molecule has 2 heterocycles. The van der Waals surface area contributed by atoms with Gasteiger partial charge in [-0.25, -0.2) is 5.01 Å². The van der Waals surface area contributed by atoms with Crippen molar-refractivity contribution in [1.82, 2.24) is 20.7 Å². The number of piperazine rings is 1. The Morgan fingerprint density at radius 2 is 2.12 bits per heavy atom. The molecule has 0 spiro atoms. The van der Waals surface area contributed by atoms with Gasteiger partial charge in [0.05, 0.1) is 0 Å². The van der Waals surface area contributed by atoms with Crippen LogP contribution < -0.4 is 10.7 Å². The summed E-state index contributed by atoms with van der Waals surface area (Å²) >= 11 is 0. The fraction of sp³-hybridized carbons (Fsp3) is 0.909. The van der Waals surface area contributed by atoms with Gasteiger partial charge in [-0.15, -0.1) is 0 Å². The summed E-state index contributed by atoms with van der Waals surface area (Å²) in [6.07, 6.45) is 1.80. The highest BCUT2D eigenvalue weighted by Crippen LogP contribution is 2.11. The van der Waals surface area contributed by atoms with Gasteiger partial charge in [0.1, 0.15) is 0 Å². The summed E-state index contributed by atoms with van der Waals surface area (Å²) in [7, 11) is 2.11. The van der Waals surface area contributed by atoms with E-state index in [2.05, 4.69) is 22.7 Å². The molecule has 2 fully saturated rings. The Hall–Kier alpha value is -0.650. The van der Waals surface area contributed by atoms with Crippen LogP contribution in [-0.2, 0) is 4.79 Å². The lowest BCUT2D eigenvalue weighted by Gasteiger charge is -2.32. The second kappa shape index (κ2) is 5.61. The SMILES string of the molecule is CN1CCN(NC(=O)CC2CCNC2)CC1. The topological polar surface area (TPSA) is 47.6 Å². The maximum absolute atomic E-state index is 11.8. The van der Waals surface area contributed by atoms with Crippen LogP contribution >= 0.6 is 0 Å². The number of rotatable bonds is 3. The minimum absolute atomic E-state index is 0.179. The van der Waals surface area contributed by atoms with Gasteiger partial charge in [-0.1, -0.05) is 0 Å². The van der Waals surface area contributed by atoms with E-state index in [1.54, 1.807) is 0 Å². The van der Waals surface area contributed by atoms with Crippen LogP contribution in [0.4, 0.5) is 0 Å². The smallest absolute Gasteiger partial charge is 0.234 e. The van der Waals surface area contributed by atoms with Crippen molar-refractivity contribution in [1.29, 1.82) is 0 Å². The van der Waals surface area contributed by atoms with Gasteiger partial charge in [-0.2, -0.15) is 0 Å². The van der Waals surface area contributed by atoms with Crippen molar-refractivity contribution in [3.05, 3.63) is 0 Å². The number of amides is 1. The Bertz CT molecular complexity index is 232. The van der Waals surface area contributed by atoms with Crippen LogP contribution in [0.25, 0.3) is 0 Å². The Morgan fingerprint density at radius 3 is 2.75 bits per heavy atom. The summed E-state index contributed by atoms with van der Waals surface area (Å²) in [5.41, 5.74) is 3.01. The first-order valence-electron chi connectivity index (χ1n) is 6.18.